The highest BCUT2D eigenvalue weighted by atomic mass is 16.4. The Morgan fingerprint density at radius 3 is 2.38 bits per heavy atom. The molecule has 0 bridgehead atoms. The molecule has 110 valence electrons. The molecule has 2 aromatic rings. The minimum absolute atomic E-state index is 0.506. The van der Waals surface area contributed by atoms with Crippen molar-refractivity contribution in [2.24, 2.45) is 0 Å². The van der Waals surface area contributed by atoms with E-state index in [1.807, 2.05) is 74.4 Å². The fraction of sp³-hybridized carbons (Fsp3) is 0.278. The van der Waals surface area contributed by atoms with E-state index in [0.717, 1.165) is 16.8 Å². The molecule has 2 aromatic carbocycles. The summed E-state index contributed by atoms with van der Waals surface area (Å²) >= 11 is 0. The van der Waals surface area contributed by atoms with Crippen molar-refractivity contribution in [3.05, 3.63) is 65.2 Å². The summed E-state index contributed by atoms with van der Waals surface area (Å²) in [6.07, 6.45) is 0.506. The molecule has 3 nitrogen and oxygen atoms in total. The van der Waals surface area contributed by atoms with Crippen LogP contribution in [-0.2, 0) is 11.2 Å². The number of rotatable bonds is 5. The van der Waals surface area contributed by atoms with Gasteiger partial charge < -0.3 is 10.0 Å². The highest BCUT2D eigenvalue weighted by Crippen LogP contribution is 2.25. The van der Waals surface area contributed by atoms with Crippen molar-refractivity contribution in [1.29, 1.82) is 0 Å². The average Bonchev–Trinajstić information content (AvgIpc) is 2.46. The van der Waals surface area contributed by atoms with Crippen LogP contribution >= 0.6 is 0 Å². The van der Waals surface area contributed by atoms with E-state index in [0.29, 0.717) is 6.42 Å². The summed E-state index contributed by atoms with van der Waals surface area (Å²) in [5, 5.41) is 9.56. The standard InChI is InChI=1S/C18H21NO2/c1-13-7-9-14(10-8-13)11-17(18(20)21)15-5-4-6-16(12-15)19(2)3/h4-10,12,17H,11H2,1-3H3,(H,20,21). The highest BCUT2D eigenvalue weighted by molar-refractivity contribution is 5.77. The van der Waals surface area contributed by atoms with Crippen molar-refractivity contribution in [1.82, 2.24) is 0 Å². The molecule has 0 saturated heterocycles. The first-order valence-electron chi connectivity index (χ1n) is 7.03. The Bertz CT molecular complexity index is 617. The normalized spacial score (nSPS) is 12.0. The molecule has 2 rings (SSSR count). The van der Waals surface area contributed by atoms with E-state index in [2.05, 4.69) is 0 Å². The summed E-state index contributed by atoms with van der Waals surface area (Å²) in [6, 6.07) is 15.8. The lowest BCUT2D eigenvalue weighted by Crippen LogP contribution is -2.16. The van der Waals surface area contributed by atoms with Crippen LogP contribution in [0, 0.1) is 6.92 Å². The van der Waals surface area contributed by atoms with Gasteiger partial charge in [-0.2, -0.15) is 0 Å². The van der Waals surface area contributed by atoms with Gasteiger partial charge >= 0.3 is 5.97 Å². The number of carboxylic acid groups (broad SMARTS) is 1. The summed E-state index contributed by atoms with van der Waals surface area (Å²) in [5.41, 5.74) is 4.08. The van der Waals surface area contributed by atoms with Crippen LogP contribution in [0.1, 0.15) is 22.6 Å². The van der Waals surface area contributed by atoms with E-state index in [1.165, 1.54) is 5.56 Å². The molecular weight excluding hydrogens is 262 g/mol. The number of hydrogen-bond acceptors (Lipinski definition) is 2. The third-order valence-electron chi connectivity index (χ3n) is 3.65. The van der Waals surface area contributed by atoms with Crippen molar-refractivity contribution in [2.45, 2.75) is 19.3 Å². The van der Waals surface area contributed by atoms with Gasteiger partial charge in [-0.3, -0.25) is 4.79 Å². The number of benzene rings is 2. The Morgan fingerprint density at radius 1 is 1.14 bits per heavy atom. The van der Waals surface area contributed by atoms with E-state index in [-0.39, 0.29) is 0 Å². The third-order valence-corrected chi connectivity index (χ3v) is 3.65. The molecular formula is C18H21NO2. The van der Waals surface area contributed by atoms with Gasteiger partial charge in [0, 0.05) is 19.8 Å². The van der Waals surface area contributed by atoms with E-state index in [1.54, 1.807) is 0 Å². The third kappa shape index (κ3) is 3.85. The van der Waals surface area contributed by atoms with Gasteiger partial charge in [0.2, 0.25) is 0 Å². The zero-order chi connectivity index (χ0) is 15.4. The molecule has 3 heteroatoms. The second-order valence-electron chi connectivity index (χ2n) is 5.57. The number of carboxylic acids is 1. The molecule has 1 atom stereocenters. The number of nitrogens with zero attached hydrogens (tertiary/aromatic N) is 1. The van der Waals surface area contributed by atoms with Gasteiger partial charge in [0.05, 0.1) is 5.92 Å². The second kappa shape index (κ2) is 6.44. The van der Waals surface area contributed by atoms with Crippen LogP contribution in [0.25, 0.3) is 0 Å². The van der Waals surface area contributed by atoms with Gasteiger partial charge in [0.1, 0.15) is 0 Å². The summed E-state index contributed by atoms with van der Waals surface area (Å²) in [6.45, 7) is 2.03. The molecule has 0 amide bonds. The molecule has 0 aromatic heterocycles. The van der Waals surface area contributed by atoms with E-state index in [4.69, 9.17) is 0 Å². The first kappa shape index (κ1) is 15.1. The zero-order valence-electron chi connectivity index (χ0n) is 12.7. The van der Waals surface area contributed by atoms with E-state index < -0.39 is 11.9 Å². The molecule has 21 heavy (non-hydrogen) atoms. The Balaban J connectivity index is 2.28. The molecule has 0 heterocycles. The van der Waals surface area contributed by atoms with E-state index >= 15 is 0 Å². The fourth-order valence-corrected chi connectivity index (χ4v) is 2.33. The van der Waals surface area contributed by atoms with Gasteiger partial charge in [0.25, 0.3) is 0 Å². The van der Waals surface area contributed by atoms with Gasteiger partial charge in [-0.25, -0.2) is 0 Å². The Hall–Kier alpha value is -2.29. The summed E-state index contributed by atoms with van der Waals surface area (Å²) in [4.78, 5) is 13.6. The van der Waals surface area contributed by atoms with Crippen LogP contribution in [0.2, 0.25) is 0 Å². The molecule has 0 aliphatic carbocycles. The summed E-state index contributed by atoms with van der Waals surface area (Å²) < 4.78 is 0. The van der Waals surface area contributed by atoms with Crippen LogP contribution in [0.3, 0.4) is 0 Å². The lowest BCUT2D eigenvalue weighted by atomic mass is 9.91. The highest BCUT2D eigenvalue weighted by Gasteiger charge is 2.20. The zero-order valence-corrected chi connectivity index (χ0v) is 12.7. The van der Waals surface area contributed by atoms with Crippen molar-refractivity contribution >= 4 is 11.7 Å². The summed E-state index contributed by atoms with van der Waals surface area (Å²) in [5.74, 6) is -1.31. The Kier molecular flexibility index (Phi) is 4.63. The Morgan fingerprint density at radius 2 is 1.81 bits per heavy atom. The predicted molar refractivity (Wildman–Crippen MR) is 86.0 cm³/mol. The minimum Gasteiger partial charge on any atom is -0.481 e. The monoisotopic (exact) mass is 283 g/mol. The van der Waals surface area contributed by atoms with Crippen molar-refractivity contribution in [3.63, 3.8) is 0 Å². The fourth-order valence-electron chi connectivity index (χ4n) is 2.33. The molecule has 0 fully saturated rings. The number of anilines is 1. The van der Waals surface area contributed by atoms with Crippen molar-refractivity contribution < 1.29 is 9.90 Å². The average molecular weight is 283 g/mol. The molecule has 0 radical (unpaired) electrons. The largest absolute Gasteiger partial charge is 0.481 e. The van der Waals surface area contributed by atoms with Crippen molar-refractivity contribution in [3.8, 4) is 0 Å². The van der Waals surface area contributed by atoms with Gasteiger partial charge in [-0.1, -0.05) is 42.0 Å². The predicted octanol–water partition coefficient (Wildman–Crippen LogP) is 3.47. The smallest absolute Gasteiger partial charge is 0.311 e. The van der Waals surface area contributed by atoms with Gasteiger partial charge in [0.15, 0.2) is 0 Å². The van der Waals surface area contributed by atoms with Crippen LogP contribution in [0.5, 0.6) is 0 Å². The SMILES string of the molecule is Cc1ccc(CC(C(=O)O)c2cccc(N(C)C)c2)cc1. The molecule has 1 N–H and O–H groups in total. The lowest BCUT2D eigenvalue weighted by molar-refractivity contribution is -0.138. The molecule has 0 aliphatic heterocycles. The van der Waals surface area contributed by atoms with Crippen LogP contribution in [0.15, 0.2) is 48.5 Å². The quantitative estimate of drug-likeness (QED) is 0.913. The maximum absolute atomic E-state index is 11.6. The van der Waals surface area contributed by atoms with Crippen LogP contribution in [-0.4, -0.2) is 25.2 Å². The number of aliphatic carboxylic acids is 1. The maximum Gasteiger partial charge on any atom is 0.311 e. The minimum atomic E-state index is -0.786. The van der Waals surface area contributed by atoms with Crippen molar-refractivity contribution in [2.75, 3.05) is 19.0 Å². The van der Waals surface area contributed by atoms with Gasteiger partial charge in [-0.15, -0.1) is 0 Å². The Labute approximate surface area is 125 Å². The number of aryl methyl sites for hydroxylation is 1. The molecule has 0 aliphatic rings. The molecule has 0 saturated carbocycles. The number of hydrogen-bond donors (Lipinski definition) is 1. The van der Waals surface area contributed by atoms with E-state index in [9.17, 15) is 9.90 Å². The molecule has 0 spiro atoms. The second-order valence-corrected chi connectivity index (χ2v) is 5.57. The maximum atomic E-state index is 11.6. The topological polar surface area (TPSA) is 40.5 Å². The van der Waals surface area contributed by atoms with Crippen LogP contribution in [0.4, 0.5) is 5.69 Å². The van der Waals surface area contributed by atoms with Gasteiger partial charge in [-0.05, 0) is 36.6 Å². The molecule has 1 unspecified atom stereocenters. The number of carbonyl (C=O) groups is 1. The first-order valence-corrected chi connectivity index (χ1v) is 7.03. The van der Waals surface area contributed by atoms with Crippen LogP contribution < -0.4 is 4.90 Å². The first-order chi connectivity index (χ1) is 9.97. The lowest BCUT2D eigenvalue weighted by Gasteiger charge is -2.17. The summed E-state index contributed by atoms with van der Waals surface area (Å²) in [7, 11) is 3.91.